The third kappa shape index (κ3) is 2.62. The van der Waals surface area contributed by atoms with Crippen LogP contribution in [0.4, 0.5) is 5.69 Å². The summed E-state index contributed by atoms with van der Waals surface area (Å²) in [6.45, 7) is 1.16. The van der Waals surface area contributed by atoms with Crippen LogP contribution < -0.4 is 10.5 Å². The molecule has 2 N–H and O–H groups in total. The molecule has 0 spiro atoms. The summed E-state index contributed by atoms with van der Waals surface area (Å²) in [5.74, 6) is 0.316. The highest BCUT2D eigenvalue weighted by molar-refractivity contribution is 6.01. The number of carbonyl (C=O) groups excluding carboxylic acids is 2. The molecule has 6 heteroatoms. The Bertz CT molecular complexity index is 516. The highest BCUT2D eigenvalue weighted by atomic mass is 16.5. The zero-order chi connectivity index (χ0) is 14.0. The van der Waals surface area contributed by atoms with E-state index in [4.69, 9.17) is 10.5 Å². The summed E-state index contributed by atoms with van der Waals surface area (Å²) in [5, 5.41) is 0. The lowest BCUT2D eigenvalue weighted by molar-refractivity contribution is -0.133. The molecule has 0 saturated carbocycles. The molecule has 1 saturated heterocycles. The molecule has 1 heterocycles. The number of hydrogen-bond acceptors (Lipinski definition) is 4. The predicted molar refractivity (Wildman–Crippen MR) is 70.9 cm³/mol. The molecule has 2 amide bonds. The van der Waals surface area contributed by atoms with Gasteiger partial charge in [-0.2, -0.15) is 0 Å². The first-order valence-corrected chi connectivity index (χ1v) is 5.99. The third-order valence-electron chi connectivity index (χ3n) is 3.23. The second-order valence-electron chi connectivity index (χ2n) is 4.50. The molecule has 1 aliphatic heterocycles. The minimum absolute atomic E-state index is 0.0633. The van der Waals surface area contributed by atoms with E-state index in [1.807, 2.05) is 0 Å². The summed E-state index contributed by atoms with van der Waals surface area (Å²) in [6.07, 6.45) is 0. The molecule has 19 heavy (non-hydrogen) atoms. The van der Waals surface area contributed by atoms with Gasteiger partial charge in [-0.25, -0.2) is 0 Å². The van der Waals surface area contributed by atoms with Crippen molar-refractivity contribution in [3.05, 3.63) is 23.8 Å². The van der Waals surface area contributed by atoms with Crippen molar-refractivity contribution in [2.75, 3.05) is 39.5 Å². The van der Waals surface area contributed by atoms with Gasteiger partial charge in [0, 0.05) is 31.9 Å². The van der Waals surface area contributed by atoms with Crippen LogP contribution in [0.2, 0.25) is 0 Å². The van der Waals surface area contributed by atoms with Crippen molar-refractivity contribution in [3.63, 3.8) is 0 Å². The van der Waals surface area contributed by atoms with Crippen LogP contribution in [0.15, 0.2) is 18.2 Å². The van der Waals surface area contributed by atoms with Gasteiger partial charge in [-0.05, 0) is 12.1 Å². The van der Waals surface area contributed by atoms with Gasteiger partial charge in [0.05, 0.1) is 12.7 Å². The van der Waals surface area contributed by atoms with Crippen LogP contribution in [-0.4, -0.2) is 55.4 Å². The molecule has 1 aromatic carbocycles. The first-order valence-electron chi connectivity index (χ1n) is 5.99. The molecule has 102 valence electrons. The number of benzene rings is 1. The molecule has 6 nitrogen and oxygen atoms in total. The van der Waals surface area contributed by atoms with Gasteiger partial charge in [0.1, 0.15) is 12.3 Å². The number of carbonyl (C=O) groups is 2. The van der Waals surface area contributed by atoms with Gasteiger partial charge >= 0.3 is 0 Å². The van der Waals surface area contributed by atoms with Crippen LogP contribution in [0.3, 0.4) is 0 Å². The molecule has 1 fully saturated rings. The van der Waals surface area contributed by atoms with Crippen LogP contribution in [0, 0.1) is 0 Å². The van der Waals surface area contributed by atoms with Gasteiger partial charge in [-0.1, -0.05) is 0 Å². The van der Waals surface area contributed by atoms with Crippen molar-refractivity contribution in [2.24, 2.45) is 0 Å². The highest BCUT2D eigenvalue weighted by Gasteiger charge is 2.26. The summed E-state index contributed by atoms with van der Waals surface area (Å²) in [6, 6.07) is 4.91. The Morgan fingerprint density at radius 2 is 2.11 bits per heavy atom. The Labute approximate surface area is 111 Å². The fraction of sp³-hybridized carbons (Fsp3) is 0.385. The average molecular weight is 263 g/mol. The van der Waals surface area contributed by atoms with Crippen molar-refractivity contribution in [1.82, 2.24) is 9.80 Å². The SMILES string of the molecule is COc1ccc(C(=O)N2CCN(C)C(=O)C2)c(N)c1. The summed E-state index contributed by atoms with van der Waals surface area (Å²) in [4.78, 5) is 27.0. The normalized spacial score (nSPS) is 15.6. The molecular formula is C13H17N3O3. The first kappa shape index (κ1) is 13.2. The zero-order valence-electron chi connectivity index (χ0n) is 11.0. The predicted octanol–water partition coefficient (Wildman–Crippen LogP) is 0.192. The lowest BCUT2D eigenvalue weighted by Crippen LogP contribution is -2.50. The van der Waals surface area contributed by atoms with E-state index in [-0.39, 0.29) is 18.4 Å². The number of hydrogen-bond donors (Lipinski definition) is 1. The lowest BCUT2D eigenvalue weighted by Gasteiger charge is -2.32. The molecule has 0 atom stereocenters. The Balaban J connectivity index is 2.18. The maximum absolute atomic E-state index is 12.3. The number of nitrogens with zero attached hydrogens (tertiary/aromatic N) is 2. The van der Waals surface area contributed by atoms with E-state index in [1.54, 1.807) is 30.1 Å². The largest absolute Gasteiger partial charge is 0.497 e. The molecule has 1 aliphatic rings. The number of methoxy groups -OCH3 is 1. The standard InChI is InChI=1S/C13H17N3O3/c1-15-5-6-16(8-12(15)17)13(18)10-4-3-9(19-2)7-11(10)14/h3-4,7H,5-6,8,14H2,1-2H3. The van der Waals surface area contributed by atoms with Crippen molar-refractivity contribution in [2.45, 2.75) is 0 Å². The number of piperazine rings is 1. The van der Waals surface area contributed by atoms with Crippen molar-refractivity contribution in [1.29, 1.82) is 0 Å². The lowest BCUT2D eigenvalue weighted by atomic mass is 10.1. The summed E-state index contributed by atoms with van der Waals surface area (Å²) >= 11 is 0. The summed E-state index contributed by atoms with van der Waals surface area (Å²) in [5.41, 5.74) is 6.60. The Morgan fingerprint density at radius 1 is 1.37 bits per heavy atom. The van der Waals surface area contributed by atoms with Gasteiger partial charge in [-0.15, -0.1) is 0 Å². The van der Waals surface area contributed by atoms with Gasteiger partial charge in [-0.3, -0.25) is 9.59 Å². The Morgan fingerprint density at radius 3 is 2.68 bits per heavy atom. The second-order valence-corrected chi connectivity index (χ2v) is 4.50. The van der Waals surface area contributed by atoms with Crippen LogP contribution >= 0.6 is 0 Å². The van der Waals surface area contributed by atoms with Crippen molar-refractivity contribution in [3.8, 4) is 5.75 Å². The van der Waals surface area contributed by atoms with E-state index >= 15 is 0 Å². The molecule has 2 rings (SSSR count). The van der Waals surface area contributed by atoms with E-state index in [1.165, 1.54) is 12.0 Å². The van der Waals surface area contributed by atoms with E-state index in [2.05, 4.69) is 0 Å². The van der Waals surface area contributed by atoms with Gasteiger partial charge in [0.25, 0.3) is 5.91 Å². The first-order chi connectivity index (χ1) is 9.02. The topological polar surface area (TPSA) is 75.9 Å². The fourth-order valence-electron chi connectivity index (χ4n) is 1.96. The quantitative estimate of drug-likeness (QED) is 0.773. The van der Waals surface area contributed by atoms with Crippen molar-refractivity contribution < 1.29 is 14.3 Å². The van der Waals surface area contributed by atoms with E-state index in [9.17, 15) is 9.59 Å². The number of nitrogens with two attached hydrogens (primary N) is 1. The molecule has 0 bridgehead atoms. The Kier molecular flexibility index (Phi) is 3.59. The fourth-order valence-corrected chi connectivity index (χ4v) is 1.96. The van der Waals surface area contributed by atoms with Crippen LogP contribution in [0.1, 0.15) is 10.4 Å². The van der Waals surface area contributed by atoms with Crippen LogP contribution in [-0.2, 0) is 4.79 Å². The summed E-state index contributed by atoms with van der Waals surface area (Å²) in [7, 11) is 3.27. The minimum Gasteiger partial charge on any atom is -0.497 e. The number of ether oxygens (including phenoxy) is 1. The van der Waals surface area contributed by atoms with Crippen LogP contribution in [0.5, 0.6) is 5.75 Å². The van der Waals surface area contributed by atoms with E-state index in [0.717, 1.165) is 0 Å². The molecular weight excluding hydrogens is 246 g/mol. The van der Waals surface area contributed by atoms with Crippen molar-refractivity contribution >= 4 is 17.5 Å². The van der Waals surface area contributed by atoms with Crippen LogP contribution in [0.25, 0.3) is 0 Å². The molecule has 0 aromatic heterocycles. The molecule has 0 unspecified atom stereocenters. The third-order valence-corrected chi connectivity index (χ3v) is 3.23. The highest BCUT2D eigenvalue weighted by Crippen LogP contribution is 2.21. The summed E-state index contributed by atoms with van der Waals surface area (Å²) < 4.78 is 5.04. The monoisotopic (exact) mass is 263 g/mol. The number of nitrogen functional groups attached to an aromatic ring is 1. The average Bonchev–Trinajstić information content (AvgIpc) is 2.41. The second kappa shape index (κ2) is 5.17. The number of anilines is 1. The van der Waals surface area contributed by atoms with Gasteiger partial charge in [0.2, 0.25) is 5.91 Å². The zero-order valence-corrected chi connectivity index (χ0v) is 11.0. The van der Waals surface area contributed by atoms with E-state index < -0.39 is 0 Å². The minimum atomic E-state index is -0.221. The van der Waals surface area contributed by atoms with E-state index in [0.29, 0.717) is 30.1 Å². The Hall–Kier alpha value is -2.24. The maximum atomic E-state index is 12.3. The number of amides is 2. The number of likely N-dealkylation sites (N-methyl/N-ethyl adjacent to an activating group) is 1. The number of rotatable bonds is 2. The van der Waals surface area contributed by atoms with Gasteiger partial charge in [0.15, 0.2) is 0 Å². The molecule has 0 radical (unpaired) electrons. The smallest absolute Gasteiger partial charge is 0.256 e. The molecule has 0 aliphatic carbocycles. The van der Waals surface area contributed by atoms with Gasteiger partial charge < -0.3 is 20.3 Å². The molecule has 1 aromatic rings. The maximum Gasteiger partial charge on any atom is 0.256 e.